The molecule has 0 saturated heterocycles. The van der Waals surface area contributed by atoms with Crippen LogP contribution in [0.3, 0.4) is 0 Å². The standard InChI is InChI=1S/C17H27NO/c1-6-7-8-14-11-13-12-15(19-5)9-10-16(13)18(14)17(2,3)4/h9-10,12,14H,6-8,11H2,1-5H3. The first-order valence-electron chi connectivity index (χ1n) is 7.43. The summed E-state index contributed by atoms with van der Waals surface area (Å²) >= 11 is 0. The predicted octanol–water partition coefficient (Wildman–Crippen LogP) is 4.42. The average Bonchev–Trinajstić information content (AvgIpc) is 2.72. The lowest BCUT2D eigenvalue weighted by atomic mass is 10.0. The van der Waals surface area contributed by atoms with Crippen molar-refractivity contribution in [2.45, 2.75) is 65.0 Å². The monoisotopic (exact) mass is 261 g/mol. The Morgan fingerprint density at radius 2 is 2.05 bits per heavy atom. The molecule has 0 saturated carbocycles. The maximum atomic E-state index is 5.36. The zero-order valence-corrected chi connectivity index (χ0v) is 13.0. The molecule has 0 aromatic heterocycles. The van der Waals surface area contributed by atoms with Crippen LogP contribution in [0, 0.1) is 0 Å². The van der Waals surface area contributed by atoms with Gasteiger partial charge in [-0.15, -0.1) is 0 Å². The smallest absolute Gasteiger partial charge is 0.119 e. The van der Waals surface area contributed by atoms with Crippen LogP contribution >= 0.6 is 0 Å². The predicted molar refractivity (Wildman–Crippen MR) is 82.2 cm³/mol. The Balaban J connectivity index is 2.31. The Hall–Kier alpha value is -1.18. The van der Waals surface area contributed by atoms with Gasteiger partial charge in [0.1, 0.15) is 5.75 Å². The molecule has 0 aliphatic carbocycles. The van der Waals surface area contributed by atoms with Crippen LogP contribution in [-0.4, -0.2) is 18.7 Å². The van der Waals surface area contributed by atoms with Crippen molar-refractivity contribution in [1.82, 2.24) is 0 Å². The van der Waals surface area contributed by atoms with Crippen molar-refractivity contribution in [2.24, 2.45) is 0 Å². The number of benzene rings is 1. The van der Waals surface area contributed by atoms with Gasteiger partial charge in [-0.3, -0.25) is 0 Å². The normalized spacial score (nSPS) is 18.6. The third-order valence-electron chi connectivity index (χ3n) is 3.98. The molecule has 0 radical (unpaired) electrons. The van der Waals surface area contributed by atoms with Gasteiger partial charge in [0.15, 0.2) is 0 Å². The summed E-state index contributed by atoms with van der Waals surface area (Å²) in [5.41, 5.74) is 3.02. The maximum absolute atomic E-state index is 5.36. The summed E-state index contributed by atoms with van der Waals surface area (Å²) in [6.45, 7) is 9.20. The van der Waals surface area contributed by atoms with Crippen LogP contribution in [0.5, 0.6) is 5.75 Å². The average molecular weight is 261 g/mol. The van der Waals surface area contributed by atoms with Crippen molar-refractivity contribution < 1.29 is 4.74 Å². The highest BCUT2D eigenvalue weighted by atomic mass is 16.5. The van der Waals surface area contributed by atoms with E-state index < -0.39 is 0 Å². The van der Waals surface area contributed by atoms with Gasteiger partial charge in [0, 0.05) is 17.3 Å². The van der Waals surface area contributed by atoms with E-state index >= 15 is 0 Å². The van der Waals surface area contributed by atoms with Crippen LogP contribution in [0.2, 0.25) is 0 Å². The lowest BCUT2D eigenvalue weighted by molar-refractivity contribution is 0.414. The van der Waals surface area contributed by atoms with Gasteiger partial charge in [-0.25, -0.2) is 0 Å². The van der Waals surface area contributed by atoms with Crippen molar-refractivity contribution in [2.75, 3.05) is 12.0 Å². The van der Waals surface area contributed by atoms with Crippen LogP contribution in [0.4, 0.5) is 5.69 Å². The van der Waals surface area contributed by atoms with E-state index in [-0.39, 0.29) is 5.54 Å². The number of unbranched alkanes of at least 4 members (excludes halogenated alkanes) is 1. The highest BCUT2D eigenvalue weighted by molar-refractivity contribution is 5.63. The molecule has 2 heteroatoms. The molecule has 0 spiro atoms. The van der Waals surface area contributed by atoms with Crippen molar-refractivity contribution in [3.8, 4) is 5.75 Å². The molecular formula is C17H27NO. The Bertz CT molecular complexity index is 433. The second-order valence-electron chi connectivity index (χ2n) is 6.54. The number of methoxy groups -OCH3 is 1. The topological polar surface area (TPSA) is 12.5 Å². The number of fused-ring (bicyclic) bond motifs is 1. The summed E-state index contributed by atoms with van der Waals surface area (Å²) in [4.78, 5) is 2.61. The molecule has 1 heterocycles. The van der Waals surface area contributed by atoms with Crippen LogP contribution < -0.4 is 9.64 Å². The van der Waals surface area contributed by atoms with E-state index in [1.807, 2.05) is 0 Å². The molecule has 1 unspecified atom stereocenters. The molecule has 0 N–H and O–H groups in total. The molecule has 1 aliphatic rings. The van der Waals surface area contributed by atoms with Gasteiger partial charge < -0.3 is 9.64 Å². The SMILES string of the molecule is CCCCC1Cc2cc(OC)ccc2N1C(C)(C)C. The van der Waals surface area contributed by atoms with Crippen molar-refractivity contribution in [3.63, 3.8) is 0 Å². The van der Waals surface area contributed by atoms with E-state index in [2.05, 4.69) is 50.8 Å². The van der Waals surface area contributed by atoms with Gasteiger partial charge in [0.05, 0.1) is 7.11 Å². The van der Waals surface area contributed by atoms with Gasteiger partial charge in [-0.1, -0.05) is 19.8 Å². The number of rotatable bonds is 4. The number of nitrogens with zero attached hydrogens (tertiary/aromatic N) is 1. The van der Waals surface area contributed by atoms with Gasteiger partial charge in [-0.05, 0) is 57.4 Å². The van der Waals surface area contributed by atoms with Crippen LogP contribution in [0.15, 0.2) is 18.2 Å². The van der Waals surface area contributed by atoms with Crippen LogP contribution in [-0.2, 0) is 6.42 Å². The highest BCUT2D eigenvalue weighted by Crippen LogP contribution is 2.40. The number of hydrogen-bond donors (Lipinski definition) is 0. The highest BCUT2D eigenvalue weighted by Gasteiger charge is 2.35. The zero-order valence-electron chi connectivity index (χ0n) is 13.0. The van der Waals surface area contributed by atoms with E-state index in [1.54, 1.807) is 7.11 Å². The molecule has 2 rings (SSSR count). The fraction of sp³-hybridized carbons (Fsp3) is 0.647. The molecule has 19 heavy (non-hydrogen) atoms. The van der Waals surface area contributed by atoms with Gasteiger partial charge >= 0.3 is 0 Å². The Morgan fingerprint density at radius 3 is 2.63 bits per heavy atom. The molecule has 1 atom stereocenters. The van der Waals surface area contributed by atoms with E-state index in [0.29, 0.717) is 6.04 Å². The summed E-state index contributed by atoms with van der Waals surface area (Å²) in [7, 11) is 1.74. The van der Waals surface area contributed by atoms with E-state index in [9.17, 15) is 0 Å². The van der Waals surface area contributed by atoms with Crippen molar-refractivity contribution in [1.29, 1.82) is 0 Å². The molecule has 2 nitrogen and oxygen atoms in total. The van der Waals surface area contributed by atoms with Crippen LogP contribution in [0.25, 0.3) is 0 Å². The number of hydrogen-bond acceptors (Lipinski definition) is 2. The molecule has 1 aromatic rings. The van der Waals surface area contributed by atoms with Crippen molar-refractivity contribution in [3.05, 3.63) is 23.8 Å². The Morgan fingerprint density at radius 1 is 1.32 bits per heavy atom. The first kappa shape index (κ1) is 14.2. The zero-order chi connectivity index (χ0) is 14.0. The molecule has 0 bridgehead atoms. The van der Waals surface area contributed by atoms with E-state index in [4.69, 9.17) is 4.74 Å². The number of anilines is 1. The fourth-order valence-corrected chi connectivity index (χ4v) is 3.21. The molecule has 0 amide bonds. The van der Waals surface area contributed by atoms with Gasteiger partial charge in [0.25, 0.3) is 0 Å². The third kappa shape index (κ3) is 2.88. The minimum atomic E-state index is 0.179. The van der Waals surface area contributed by atoms with E-state index in [0.717, 1.165) is 12.2 Å². The lowest BCUT2D eigenvalue weighted by Gasteiger charge is -2.40. The first-order valence-corrected chi connectivity index (χ1v) is 7.43. The molecular weight excluding hydrogens is 234 g/mol. The summed E-state index contributed by atoms with van der Waals surface area (Å²) in [6.07, 6.45) is 5.02. The fourth-order valence-electron chi connectivity index (χ4n) is 3.21. The first-order chi connectivity index (χ1) is 8.97. The summed E-state index contributed by atoms with van der Waals surface area (Å²) < 4.78 is 5.36. The molecule has 1 aromatic carbocycles. The summed E-state index contributed by atoms with van der Waals surface area (Å²) in [6, 6.07) is 7.16. The summed E-state index contributed by atoms with van der Waals surface area (Å²) in [5.74, 6) is 0.976. The second-order valence-corrected chi connectivity index (χ2v) is 6.54. The lowest BCUT2D eigenvalue weighted by Crippen LogP contribution is -2.46. The maximum Gasteiger partial charge on any atom is 0.119 e. The molecule has 1 aliphatic heterocycles. The largest absolute Gasteiger partial charge is 0.497 e. The van der Waals surface area contributed by atoms with Crippen LogP contribution in [0.1, 0.15) is 52.5 Å². The minimum absolute atomic E-state index is 0.179. The number of ether oxygens (including phenoxy) is 1. The Labute approximate surface area is 117 Å². The Kier molecular flexibility index (Phi) is 4.07. The van der Waals surface area contributed by atoms with E-state index in [1.165, 1.54) is 30.5 Å². The van der Waals surface area contributed by atoms with Gasteiger partial charge in [0.2, 0.25) is 0 Å². The minimum Gasteiger partial charge on any atom is -0.497 e. The quantitative estimate of drug-likeness (QED) is 0.795. The van der Waals surface area contributed by atoms with Gasteiger partial charge in [-0.2, -0.15) is 0 Å². The summed E-state index contributed by atoms with van der Waals surface area (Å²) in [5, 5.41) is 0. The second kappa shape index (κ2) is 5.44. The molecule has 0 fully saturated rings. The molecule has 106 valence electrons. The third-order valence-corrected chi connectivity index (χ3v) is 3.98. The van der Waals surface area contributed by atoms with Crippen molar-refractivity contribution >= 4 is 5.69 Å².